The van der Waals surface area contributed by atoms with Crippen LogP contribution in [-0.2, 0) is 19.1 Å². The van der Waals surface area contributed by atoms with E-state index in [1.165, 1.54) is 12.1 Å². The first-order valence-corrected chi connectivity index (χ1v) is 12.8. The van der Waals surface area contributed by atoms with Gasteiger partial charge in [0.05, 0.1) is 0 Å². The highest BCUT2D eigenvalue weighted by Gasteiger charge is 2.11. The smallest absolute Gasteiger partial charge is 0.306 e. The van der Waals surface area contributed by atoms with Gasteiger partial charge in [-0.15, -0.1) is 0 Å². The molecule has 0 fully saturated rings. The summed E-state index contributed by atoms with van der Waals surface area (Å²) in [7, 11) is 0. The number of fused-ring (bicyclic) bond motifs is 1. The van der Waals surface area contributed by atoms with Crippen LogP contribution >= 0.6 is 11.6 Å². The molecule has 0 aliphatic rings. The molecular weight excluding hydrogens is 534 g/mol. The Balaban J connectivity index is 1.11. The van der Waals surface area contributed by atoms with Gasteiger partial charge in [0.1, 0.15) is 11.5 Å². The minimum Gasteiger partial charge on any atom is -0.457 e. The van der Waals surface area contributed by atoms with Gasteiger partial charge in [-0.1, -0.05) is 41.9 Å². The lowest BCUT2D eigenvalue weighted by molar-refractivity contribution is -0.148. The van der Waals surface area contributed by atoms with Crippen molar-refractivity contribution in [3.05, 3.63) is 102 Å². The van der Waals surface area contributed by atoms with E-state index in [1.54, 1.807) is 36.4 Å². The maximum atomic E-state index is 12.2. The summed E-state index contributed by atoms with van der Waals surface area (Å²) in [6, 6.07) is 26.9. The molecule has 4 rings (SSSR count). The van der Waals surface area contributed by atoms with Crippen molar-refractivity contribution in [3.63, 3.8) is 0 Å². The number of carbonyl (C=O) groups is 4. The molecule has 0 spiro atoms. The normalized spacial score (nSPS) is 10.4. The summed E-state index contributed by atoms with van der Waals surface area (Å²) in [5, 5.41) is 5.45. The highest BCUT2D eigenvalue weighted by atomic mass is 35.5. The highest BCUT2D eigenvalue weighted by molar-refractivity contribution is 6.30. The molecule has 40 heavy (non-hydrogen) atoms. The Morgan fingerprint density at radius 1 is 0.700 bits per heavy atom. The zero-order valence-corrected chi connectivity index (χ0v) is 22.1. The molecule has 0 saturated carbocycles. The van der Waals surface area contributed by atoms with Crippen LogP contribution in [0, 0.1) is 0 Å². The van der Waals surface area contributed by atoms with Crippen molar-refractivity contribution in [2.45, 2.75) is 19.3 Å². The van der Waals surface area contributed by atoms with Gasteiger partial charge in [0.25, 0.3) is 11.8 Å². The molecule has 3 amide bonds. The van der Waals surface area contributed by atoms with E-state index in [2.05, 4.69) is 16.2 Å². The second-order valence-corrected chi connectivity index (χ2v) is 9.14. The van der Waals surface area contributed by atoms with Crippen LogP contribution in [0.5, 0.6) is 11.5 Å². The number of carbonyl (C=O) groups excluding carboxylic acids is 4. The van der Waals surface area contributed by atoms with Crippen molar-refractivity contribution in [2.24, 2.45) is 0 Å². The predicted octanol–water partition coefficient (Wildman–Crippen LogP) is 5.40. The number of hydrogen-bond acceptors (Lipinski definition) is 6. The molecule has 3 N–H and O–H groups in total. The highest BCUT2D eigenvalue weighted by Crippen LogP contribution is 2.26. The molecule has 0 atom stereocenters. The third-order valence-electron chi connectivity index (χ3n) is 5.67. The van der Waals surface area contributed by atoms with Crippen LogP contribution in [0.15, 0.2) is 91.0 Å². The van der Waals surface area contributed by atoms with Gasteiger partial charge in [-0.25, -0.2) is 0 Å². The maximum absolute atomic E-state index is 12.2. The molecule has 0 aliphatic carbocycles. The zero-order chi connectivity index (χ0) is 28.3. The van der Waals surface area contributed by atoms with Crippen LogP contribution in [-0.4, -0.2) is 30.3 Å². The van der Waals surface area contributed by atoms with Crippen molar-refractivity contribution in [1.29, 1.82) is 0 Å². The van der Waals surface area contributed by atoms with Gasteiger partial charge in [0.2, 0.25) is 5.91 Å². The maximum Gasteiger partial charge on any atom is 0.306 e. The van der Waals surface area contributed by atoms with Crippen LogP contribution in [0.2, 0.25) is 5.02 Å². The molecule has 4 aromatic rings. The molecule has 10 heteroatoms. The fourth-order valence-corrected chi connectivity index (χ4v) is 3.77. The number of amides is 3. The van der Waals surface area contributed by atoms with E-state index >= 15 is 0 Å². The number of halogens is 1. The third kappa shape index (κ3) is 8.57. The molecule has 204 valence electrons. The van der Waals surface area contributed by atoms with Crippen molar-refractivity contribution >= 4 is 51.8 Å². The van der Waals surface area contributed by atoms with E-state index in [0.29, 0.717) is 27.8 Å². The minimum atomic E-state index is -0.707. The molecule has 9 nitrogen and oxygen atoms in total. The van der Waals surface area contributed by atoms with E-state index in [-0.39, 0.29) is 25.2 Å². The Kier molecular flexibility index (Phi) is 9.68. The topological polar surface area (TPSA) is 123 Å². The summed E-state index contributed by atoms with van der Waals surface area (Å²) in [4.78, 5) is 47.9. The van der Waals surface area contributed by atoms with E-state index < -0.39 is 24.4 Å². The second kappa shape index (κ2) is 13.8. The van der Waals surface area contributed by atoms with Crippen molar-refractivity contribution in [2.75, 3.05) is 11.9 Å². The standard InChI is InChI=1S/C30H26ClN3O6/c31-23-11-8-21(9-12-23)30(38)34-33-28(36)19-39-29(37)7-3-6-27(35)32-24-13-16-25(17-14-24)40-26-15-10-20-4-1-2-5-22(20)18-26/h1-2,4-5,8-18H,3,6-7,19H2,(H,32,35)(H,33,36)(H,34,38). The summed E-state index contributed by atoms with van der Waals surface area (Å²) < 4.78 is 10.8. The Labute approximate surface area is 235 Å². The zero-order valence-electron chi connectivity index (χ0n) is 21.3. The number of esters is 1. The lowest BCUT2D eigenvalue weighted by atomic mass is 10.1. The summed E-state index contributed by atoms with van der Waals surface area (Å²) in [6.45, 7) is -0.570. The van der Waals surface area contributed by atoms with Gasteiger partial charge in [-0.05, 0) is 77.9 Å². The van der Waals surface area contributed by atoms with E-state index in [0.717, 1.165) is 10.8 Å². The number of benzene rings is 4. The quantitative estimate of drug-likeness (QED) is 0.177. The Morgan fingerprint density at radius 2 is 1.40 bits per heavy atom. The second-order valence-electron chi connectivity index (χ2n) is 8.71. The summed E-state index contributed by atoms with van der Waals surface area (Å²) in [6.07, 6.45) is 0.285. The molecule has 0 unspecified atom stereocenters. The van der Waals surface area contributed by atoms with Crippen molar-refractivity contribution < 1.29 is 28.7 Å². The Morgan fingerprint density at radius 3 is 2.15 bits per heavy atom. The lowest BCUT2D eigenvalue weighted by Gasteiger charge is -2.09. The SMILES string of the molecule is O=C(COC(=O)CCCC(=O)Nc1ccc(Oc2ccc3ccccc3c2)cc1)NNC(=O)c1ccc(Cl)cc1. The van der Waals surface area contributed by atoms with Gasteiger partial charge in [0, 0.05) is 29.1 Å². The predicted molar refractivity (Wildman–Crippen MR) is 151 cm³/mol. The molecule has 0 aromatic heterocycles. The summed E-state index contributed by atoms with van der Waals surface area (Å²) in [5.74, 6) is -0.816. The first-order chi connectivity index (χ1) is 19.4. The fraction of sp³-hybridized carbons (Fsp3) is 0.133. The van der Waals surface area contributed by atoms with E-state index in [1.807, 2.05) is 42.5 Å². The summed E-state index contributed by atoms with van der Waals surface area (Å²) >= 11 is 5.77. The molecule has 0 saturated heterocycles. The number of ether oxygens (including phenoxy) is 2. The molecule has 0 heterocycles. The van der Waals surface area contributed by atoms with Gasteiger partial charge in [-0.2, -0.15) is 0 Å². The number of rotatable bonds is 10. The van der Waals surface area contributed by atoms with E-state index in [4.69, 9.17) is 21.1 Å². The first kappa shape index (κ1) is 28.1. The molecule has 0 bridgehead atoms. The molecule has 0 aliphatic heterocycles. The minimum absolute atomic E-state index is 0.0453. The number of hydrazine groups is 1. The van der Waals surface area contributed by atoms with Gasteiger partial charge in [0.15, 0.2) is 6.61 Å². The molecule has 0 radical (unpaired) electrons. The third-order valence-corrected chi connectivity index (χ3v) is 5.92. The van der Waals surface area contributed by atoms with Gasteiger partial charge in [-0.3, -0.25) is 30.0 Å². The van der Waals surface area contributed by atoms with E-state index in [9.17, 15) is 19.2 Å². The Hall–Kier alpha value is -4.89. The Bertz CT molecular complexity index is 1510. The van der Waals surface area contributed by atoms with Crippen LogP contribution in [0.4, 0.5) is 5.69 Å². The van der Waals surface area contributed by atoms with Crippen LogP contribution in [0.25, 0.3) is 10.8 Å². The van der Waals surface area contributed by atoms with Crippen LogP contribution in [0.3, 0.4) is 0 Å². The lowest BCUT2D eigenvalue weighted by Crippen LogP contribution is -2.43. The van der Waals surface area contributed by atoms with Crippen LogP contribution in [0.1, 0.15) is 29.6 Å². The first-order valence-electron chi connectivity index (χ1n) is 12.4. The number of hydrogen-bond donors (Lipinski definition) is 3. The number of nitrogens with one attached hydrogen (secondary N) is 3. The monoisotopic (exact) mass is 559 g/mol. The largest absolute Gasteiger partial charge is 0.457 e. The van der Waals surface area contributed by atoms with Crippen LogP contribution < -0.4 is 20.9 Å². The number of anilines is 1. The van der Waals surface area contributed by atoms with Crippen molar-refractivity contribution in [1.82, 2.24) is 10.9 Å². The average Bonchev–Trinajstić information content (AvgIpc) is 2.96. The van der Waals surface area contributed by atoms with Gasteiger partial charge >= 0.3 is 5.97 Å². The molecular formula is C30H26ClN3O6. The van der Waals surface area contributed by atoms with Gasteiger partial charge < -0.3 is 14.8 Å². The fourth-order valence-electron chi connectivity index (χ4n) is 3.64. The summed E-state index contributed by atoms with van der Waals surface area (Å²) in [5.41, 5.74) is 5.26. The average molecular weight is 560 g/mol. The van der Waals surface area contributed by atoms with Crippen molar-refractivity contribution in [3.8, 4) is 11.5 Å². The molecule has 4 aromatic carbocycles.